The van der Waals surface area contributed by atoms with Crippen LogP contribution in [0.2, 0.25) is 0 Å². The normalized spacial score (nSPS) is 14.7. The molecule has 1 aliphatic carbocycles. The first-order valence-corrected chi connectivity index (χ1v) is 6.58. The van der Waals surface area contributed by atoms with Gasteiger partial charge in [0.1, 0.15) is 17.3 Å². The van der Waals surface area contributed by atoms with Crippen molar-refractivity contribution < 1.29 is 13.5 Å². The van der Waals surface area contributed by atoms with E-state index in [1.54, 1.807) is 7.05 Å². The summed E-state index contributed by atoms with van der Waals surface area (Å²) in [4.78, 5) is 1.54. The third kappa shape index (κ3) is 3.88. The summed E-state index contributed by atoms with van der Waals surface area (Å²) in [6, 6.07) is 2.56. The number of ether oxygens (including phenoxy) is 1. The maximum absolute atomic E-state index is 13.8. The van der Waals surface area contributed by atoms with Crippen molar-refractivity contribution in [3.8, 4) is 0 Å². The lowest BCUT2D eigenvalue weighted by Crippen LogP contribution is -2.25. The fourth-order valence-corrected chi connectivity index (χ4v) is 1.95. The Hall–Kier alpha value is -1.20. The minimum Gasteiger partial charge on any atom is -0.379 e. The summed E-state index contributed by atoms with van der Waals surface area (Å²) < 4.78 is 33.1. The van der Waals surface area contributed by atoms with Crippen LogP contribution in [0.25, 0.3) is 0 Å². The smallest absolute Gasteiger partial charge is 0.149 e. The van der Waals surface area contributed by atoms with Crippen LogP contribution in [0.5, 0.6) is 0 Å². The molecule has 1 aromatic carbocycles. The zero-order valence-corrected chi connectivity index (χ0v) is 11.2. The highest BCUT2D eigenvalue weighted by Gasteiger charge is 2.21. The fourth-order valence-electron chi connectivity index (χ4n) is 1.95. The number of hydrogen-bond acceptors (Lipinski definition) is 3. The molecule has 0 atom stereocenters. The van der Waals surface area contributed by atoms with Crippen molar-refractivity contribution in [2.75, 3.05) is 31.7 Å². The standard InChI is InChI=1S/C14H20F2N2O/c1-18(4-5-19-9-10-2-3-10)14-12(15)6-11(8-17)7-13(14)16/h6-7,10H,2-5,8-9,17H2,1H3. The first-order valence-electron chi connectivity index (χ1n) is 6.58. The van der Waals surface area contributed by atoms with Gasteiger partial charge in [0, 0.05) is 26.7 Å². The summed E-state index contributed by atoms with van der Waals surface area (Å²) >= 11 is 0. The third-order valence-electron chi connectivity index (χ3n) is 3.32. The van der Waals surface area contributed by atoms with Crippen molar-refractivity contribution in [2.24, 2.45) is 11.7 Å². The molecule has 0 bridgehead atoms. The van der Waals surface area contributed by atoms with Crippen LogP contribution < -0.4 is 10.6 Å². The molecule has 1 aliphatic rings. The Balaban J connectivity index is 1.91. The Morgan fingerprint density at radius 3 is 2.47 bits per heavy atom. The molecule has 106 valence electrons. The van der Waals surface area contributed by atoms with Gasteiger partial charge in [0.05, 0.1) is 6.61 Å². The number of nitrogens with zero attached hydrogens (tertiary/aromatic N) is 1. The average Bonchev–Trinajstić information content (AvgIpc) is 3.17. The van der Waals surface area contributed by atoms with E-state index >= 15 is 0 Å². The van der Waals surface area contributed by atoms with Gasteiger partial charge < -0.3 is 15.4 Å². The molecule has 0 aromatic heterocycles. The molecule has 1 saturated carbocycles. The molecule has 1 aromatic rings. The molecule has 0 spiro atoms. The highest BCUT2D eigenvalue weighted by atomic mass is 19.1. The van der Waals surface area contributed by atoms with E-state index in [-0.39, 0.29) is 12.2 Å². The average molecular weight is 270 g/mol. The molecular formula is C14H20F2N2O. The Bertz CT molecular complexity index is 412. The van der Waals surface area contributed by atoms with Gasteiger partial charge in [-0.15, -0.1) is 0 Å². The van der Waals surface area contributed by atoms with Crippen LogP contribution in [0.15, 0.2) is 12.1 Å². The van der Waals surface area contributed by atoms with E-state index in [2.05, 4.69) is 0 Å². The summed E-state index contributed by atoms with van der Waals surface area (Å²) in [6.07, 6.45) is 2.47. The number of benzene rings is 1. The molecule has 0 radical (unpaired) electrons. The van der Waals surface area contributed by atoms with Crippen LogP contribution >= 0.6 is 0 Å². The number of likely N-dealkylation sites (N-methyl/N-ethyl adjacent to an activating group) is 1. The predicted octanol–water partition coefficient (Wildman–Crippen LogP) is 2.29. The molecule has 0 heterocycles. The Labute approximate surface area is 112 Å². The molecular weight excluding hydrogens is 250 g/mol. The van der Waals surface area contributed by atoms with Gasteiger partial charge in [-0.2, -0.15) is 0 Å². The second kappa shape index (κ2) is 6.30. The quantitative estimate of drug-likeness (QED) is 0.773. The van der Waals surface area contributed by atoms with E-state index in [4.69, 9.17) is 10.5 Å². The van der Waals surface area contributed by atoms with Gasteiger partial charge in [0.2, 0.25) is 0 Å². The molecule has 2 rings (SSSR count). The van der Waals surface area contributed by atoms with Crippen LogP contribution in [0.1, 0.15) is 18.4 Å². The van der Waals surface area contributed by atoms with Crippen LogP contribution in [0.4, 0.5) is 14.5 Å². The lowest BCUT2D eigenvalue weighted by molar-refractivity contribution is 0.130. The molecule has 2 N–H and O–H groups in total. The van der Waals surface area contributed by atoms with Gasteiger partial charge in [-0.05, 0) is 36.5 Å². The Morgan fingerprint density at radius 2 is 1.95 bits per heavy atom. The van der Waals surface area contributed by atoms with Crippen LogP contribution in [0, 0.1) is 17.6 Å². The van der Waals surface area contributed by atoms with Gasteiger partial charge in [-0.3, -0.25) is 0 Å². The number of hydrogen-bond donors (Lipinski definition) is 1. The summed E-state index contributed by atoms with van der Waals surface area (Å²) in [7, 11) is 1.66. The van der Waals surface area contributed by atoms with Crippen molar-refractivity contribution in [3.63, 3.8) is 0 Å². The second-order valence-electron chi connectivity index (χ2n) is 5.05. The predicted molar refractivity (Wildman–Crippen MR) is 71.1 cm³/mol. The monoisotopic (exact) mass is 270 g/mol. The highest BCUT2D eigenvalue weighted by molar-refractivity contribution is 5.50. The van der Waals surface area contributed by atoms with Gasteiger partial charge in [-0.25, -0.2) is 8.78 Å². The zero-order valence-electron chi connectivity index (χ0n) is 11.2. The van der Waals surface area contributed by atoms with Crippen LogP contribution in [-0.4, -0.2) is 26.8 Å². The van der Waals surface area contributed by atoms with E-state index in [0.29, 0.717) is 24.6 Å². The van der Waals surface area contributed by atoms with E-state index in [1.807, 2.05) is 0 Å². The van der Waals surface area contributed by atoms with Crippen LogP contribution in [0.3, 0.4) is 0 Å². The summed E-state index contributed by atoms with van der Waals surface area (Å²) in [5.41, 5.74) is 5.81. The first kappa shape index (κ1) is 14.2. The maximum atomic E-state index is 13.8. The highest BCUT2D eigenvalue weighted by Crippen LogP contribution is 2.29. The van der Waals surface area contributed by atoms with Crippen molar-refractivity contribution in [2.45, 2.75) is 19.4 Å². The number of rotatable bonds is 7. The van der Waals surface area contributed by atoms with E-state index in [9.17, 15) is 8.78 Å². The van der Waals surface area contributed by atoms with Crippen molar-refractivity contribution in [1.82, 2.24) is 0 Å². The number of nitrogens with two attached hydrogens (primary N) is 1. The lowest BCUT2D eigenvalue weighted by atomic mass is 10.1. The molecule has 1 fully saturated rings. The first-order chi connectivity index (χ1) is 9.11. The molecule has 19 heavy (non-hydrogen) atoms. The van der Waals surface area contributed by atoms with Gasteiger partial charge >= 0.3 is 0 Å². The topological polar surface area (TPSA) is 38.5 Å². The van der Waals surface area contributed by atoms with Crippen molar-refractivity contribution in [3.05, 3.63) is 29.3 Å². The fraction of sp³-hybridized carbons (Fsp3) is 0.571. The zero-order chi connectivity index (χ0) is 13.8. The minimum atomic E-state index is -0.579. The largest absolute Gasteiger partial charge is 0.379 e. The molecule has 0 unspecified atom stereocenters. The molecule has 3 nitrogen and oxygen atoms in total. The number of anilines is 1. The SMILES string of the molecule is CN(CCOCC1CC1)c1c(F)cc(CN)cc1F. The molecule has 0 saturated heterocycles. The third-order valence-corrected chi connectivity index (χ3v) is 3.32. The van der Waals surface area contributed by atoms with Gasteiger partial charge in [0.25, 0.3) is 0 Å². The second-order valence-corrected chi connectivity index (χ2v) is 5.05. The maximum Gasteiger partial charge on any atom is 0.149 e. The Kier molecular flexibility index (Phi) is 4.71. The van der Waals surface area contributed by atoms with Gasteiger partial charge in [-0.1, -0.05) is 0 Å². The minimum absolute atomic E-state index is 0.0211. The number of halogens is 2. The summed E-state index contributed by atoms with van der Waals surface area (Å²) in [5, 5.41) is 0. The van der Waals surface area contributed by atoms with E-state index in [0.717, 1.165) is 6.61 Å². The Morgan fingerprint density at radius 1 is 1.32 bits per heavy atom. The van der Waals surface area contributed by atoms with E-state index < -0.39 is 11.6 Å². The van der Waals surface area contributed by atoms with Gasteiger partial charge in [0.15, 0.2) is 0 Å². The molecule has 5 heteroatoms. The van der Waals surface area contributed by atoms with Crippen molar-refractivity contribution >= 4 is 5.69 Å². The summed E-state index contributed by atoms with van der Waals surface area (Å²) in [5.74, 6) is -0.460. The summed E-state index contributed by atoms with van der Waals surface area (Å²) in [6.45, 7) is 1.82. The molecule has 0 aliphatic heterocycles. The van der Waals surface area contributed by atoms with E-state index in [1.165, 1.54) is 29.9 Å². The molecule has 0 amide bonds. The lowest BCUT2D eigenvalue weighted by Gasteiger charge is -2.21. The van der Waals surface area contributed by atoms with Crippen LogP contribution in [-0.2, 0) is 11.3 Å². The van der Waals surface area contributed by atoms with Crippen molar-refractivity contribution in [1.29, 1.82) is 0 Å².